The number of benzene rings is 2. The quantitative estimate of drug-likeness (QED) is 0.861. The smallest absolute Gasteiger partial charge is 0.133 e. The molecule has 0 spiro atoms. The predicted molar refractivity (Wildman–Crippen MR) is 66.1 cm³/mol. The van der Waals surface area contributed by atoms with E-state index in [0.717, 1.165) is 15.5 Å². The Bertz CT molecular complexity index is 496. The van der Waals surface area contributed by atoms with Crippen LogP contribution in [0.2, 0.25) is 0 Å². The second-order valence-corrected chi connectivity index (χ2v) is 4.79. The van der Waals surface area contributed by atoms with E-state index in [4.69, 9.17) is 9.52 Å². The van der Waals surface area contributed by atoms with Gasteiger partial charge in [-0.15, -0.1) is 0 Å². The molecule has 0 heterocycles. The highest BCUT2D eigenvalue weighted by Gasteiger charge is 2.07. The molecule has 0 fully saturated rings. The molecule has 2 rings (SSSR count). The number of ether oxygens (including phenoxy) is 1. The summed E-state index contributed by atoms with van der Waals surface area (Å²) in [4.78, 5) is 1.93. The Balaban J connectivity index is 2.42. The van der Waals surface area contributed by atoms with Crippen LogP contribution in [0.5, 0.6) is 5.75 Å². The zero-order valence-electron chi connectivity index (χ0n) is 9.01. The molecule has 82 valence electrons. The molecule has 0 aliphatic rings. The van der Waals surface area contributed by atoms with Crippen LogP contribution in [0.15, 0.2) is 64.4 Å². The fourth-order valence-electron chi connectivity index (χ4n) is 1.47. The van der Waals surface area contributed by atoms with E-state index in [1.165, 1.54) is 0 Å². The molecule has 0 aliphatic heterocycles. The third-order valence-corrected chi connectivity index (χ3v) is 3.79. The summed E-state index contributed by atoms with van der Waals surface area (Å²) in [5.74, 6) is 0.782. The van der Waals surface area contributed by atoms with Gasteiger partial charge in [-0.1, -0.05) is 30.3 Å². The zero-order valence-corrected chi connectivity index (χ0v) is 9.83. The number of methoxy groups -OCH3 is 1. The molecule has 2 aromatic carbocycles. The third-order valence-electron chi connectivity index (χ3n) is 2.27. The van der Waals surface area contributed by atoms with Gasteiger partial charge in [-0.05, 0) is 35.0 Å². The largest absolute Gasteiger partial charge is 0.496 e. The van der Waals surface area contributed by atoms with Gasteiger partial charge in [-0.2, -0.15) is 0 Å². The van der Waals surface area contributed by atoms with Crippen molar-refractivity contribution in [2.75, 3.05) is 7.11 Å². The fraction of sp³-hybridized carbons (Fsp3) is 0.0769. The lowest BCUT2D eigenvalue weighted by Crippen LogP contribution is -1.94. The summed E-state index contributed by atoms with van der Waals surface area (Å²) in [6, 6.07) is 17.5. The molecule has 0 saturated carbocycles. The van der Waals surface area contributed by atoms with Crippen molar-refractivity contribution in [3.63, 3.8) is 0 Å². The van der Waals surface area contributed by atoms with E-state index < -0.39 is 10.7 Å². The van der Waals surface area contributed by atoms with Gasteiger partial charge >= 0.3 is 0 Å². The van der Waals surface area contributed by atoms with Crippen LogP contribution < -0.4 is 4.74 Å². The van der Waals surface area contributed by atoms with Crippen molar-refractivity contribution in [1.29, 1.82) is 4.78 Å². The molecule has 0 saturated heterocycles. The Morgan fingerprint density at radius 2 is 1.56 bits per heavy atom. The summed E-state index contributed by atoms with van der Waals surface area (Å²) in [6.45, 7) is 0. The van der Waals surface area contributed by atoms with Crippen molar-refractivity contribution >= 4 is 10.7 Å². The van der Waals surface area contributed by atoms with Crippen molar-refractivity contribution in [3.05, 3.63) is 54.6 Å². The molecule has 0 amide bonds. The lowest BCUT2D eigenvalue weighted by molar-refractivity contribution is 0.404. The van der Waals surface area contributed by atoms with E-state index in [1.54, 1.807) is 7.11 Å². The van der Waals surface area contributed by atoms with Crippen molar-refractivity contribution < 1.29 is 4.74 Å². The van der Waals surface area contributed by atoms with Gasteiger partial charge in [-0.25, -0.2) is 0 Å². The first-order valence-electron chi connectivity index (χ1n) is 4.96. The maximum Gasteiger partial charge on any atom is 0.133 e. The number of nitrogens with one attached hydrogen (secondary N) is 1. The summed E-state index contributed by atoms with van der Waals surface area (Å²) < 4.78 is 13.5. The topological polar surface area (TPSA) is 33.1 Å². The molecule has 0 bridgehead atoms. The van der Waals surface area contributed by atoms with Crippen LogP contribution in [-0.2, 0) is 10.7 Å². The summed E-state index contributed by atoms with van der Waals surface area (Å²) in [5.41, 5.74) is 0. The minimum Gasteiger partial charge on any atom is -0.496 e. The predicted octanol–water partition coefficient (Wildman–Crippen LogP) is 3.49. The van der Waals surface area contributed by atoms with Gasteiger partial charge in [0.25, 0.3) is 0 Å². The Morgan fingerprint density at radius 3 is 2.25 bits per heavy atom. The molecule has 2 aromatic rings. The minimum absolute atomic E-state index is 0.683. The second-order valence-electron chi connectivity index (χ2n) is 3.27. The van der Waals surface area contributed by atoms with Crippen molar-refractivity contribution in [3.8, 4) is 5.75 Å². The second kappa shape index (κ2) is 4.94. The normalized spacial score (nSPS) is 12.1. The highest BCUT2D eigenvalue weighted by molar-refractivity contribution is 7.86. The molecular formula is C13H13NOS. The van der Waals surface area contributed by atoms with E-state index >= 15 is 0 Å². The van der Waals surface area contributed by atoms with Crippen LogP contribution in [0.3, 0.4) is 0 Å². The van der Waals surface area contributed by atoms with Crippen LogP contribution in [0.1, 0.15) is 0 Å². The first-order chi connectivity index (χ1) is 7.83. The lowest BCUT2D eigenvalue weighted by atomic mass is 10.3. The molecule has 0 aliphatic carbocycles. The number of rotatable bonds is 3. The number of hydrogen-bond donors (Lipinski definition) is 1. The molecule has 0 radical (unpaired) electrons. The molecule has 2 nitrogen and oxygen atoms in total. The van der Waals surface area contributed by atoms with Gasteiger partial charge in [0.05, 0.1) is 12.0 Å². The third kappa shape index (κ3) is 2.14. The first-order valence-corrected chi connectivity index (χ1v) is 6.19. The SMILES string of the molecule is COc1ccccc1[S@](=N)c1ccccc1. The Morgan fingerprint density at radius 1 is 0.938 bits per heavy atom. The Hall–Kier alpha value is -1.61. The molecule has 0 unspecified atom stereocenters. The standard InChI is InChI=1S/C13H13NOS/c1-15-12-9-5-6-10-13(12)16(14)11-7-3-2-4-8-11/h2-10,14H,1H3/t16-/m1/s1. The van der Waals surface area contributed by atoms with Crippen molar-refractivity contribution in [2.24, 2.45) is 0 Å². The summed E-state index contributed by atoms with van der Waals surface area (Å²) in [5, 5.41) is 0. The zero-order chi connectivity index (χ0) is 11.4. The van der Waals surface area contributed by atoms with E-state index in [0.29, 0.717) is 0 Å². The van der Waals surface area contributed by atoms with E-state index in [2.05, 4.69) is 0 Å². The van der Waals surface area contributed by atoms with Gasteiger partial charge < -0.3 is 4.74 Å². The summed E-state index contributed by atoms with van der Waals surface area (Å²) in [6.07, 6.45) is 0. The van der Waals surface area contributed by atoms with E-state index in [-0.39, 0.29) is 0 Å². The van der Waals surface area contributed by atoms with Crippen LogP contribution in [0, 0.1) is 4.78 Å². The molecule has 16 heavy (non-hydrogen) atoms. The van der Waals surface area contributed by atoms with Crippen LogP contribution >= 0.6 is 0 Å². The molecular weight excluding hydrogens is 218 g/mol. The highest BCUT2D eigenvalue weighted by Crippen LogP contribution is 2.25. The van der Waals surface area contributed by atoms with Crippen LogP contribution in [0.4, 0.5) is 0 Å². The molecule has 3 heteroatoms. The number of hydrogen-bond acceptors (Lipinski definition) is 2. The molecule has 1 atom stereocenters. The average molecular weight is 231 g/mol. The summed E-state index contributed by atoms with van der Waals surface area (Å²) >= 11 is 0. The summed E-state index contributed by atoms with van der Waals surface area (Å²) in [7, 11) is 0.957. The Labute approximate surface area is 97.8 Å². The van der Waals surface area contributed by atoms with E-state index in [9.17, 15) is 0 Å². The Kier molecular flexibility index (Phi) is 3.37. The van der Waals surface area contributed by atoms with Gasteiger partial charge in [0, 0.05) is 4.90 Å². The first kappa shape index (κ1) is 10.9. The maximum atomic E-state index is 8.25. The molecule has 1 N–H and O–H groups in total. The molecule has 0 aromatic heterocycles. The van der Waals surface area contributed by atoms with Gasteiger partial charge in [-0.3, -0.25) is 4.78 Å². The van der Waals surface area contributed by atoms with Crippen LogP contribution in [-0.4, -0.2) is 7.11 Å². The minimum atomic E-state index is -0.683. The van der Waals surface area contributed by atoms with E-state index in [1.807, 2.05) is 54.6 Å². The van der Waals surface area contributed by atoms with Crippen molar-refractivity contribution in [1.82, 2.24) is 0 Å². The van der Waals surface area contributed by atoms with Gasteiger partial charge in [0.2, 0.25) is 0 Å². The number of para-hydroxylation sites is 1. The van der Waals surface area contributed by atoms with Gasteiger partial charge in [0.1, 0.15) is 5.75 Å². The monoisotopic (exact) mass is 231 g/mol. The van der Waals surface area contributed by atoms with Crippen molar-refractivity contribution in [2.45, 2.75) is 9.79 Å². The fourth-order valence-corrected chi connectivity index (χ4v) is 2.72. The highest BCUT2D eigenvalue weighted by atomic mass is 32.2. The lowest BCUT2D eigenvalue weighted by Gasteiger charge is -2.10. The van der Waals surface area contributed by atoms with Gasteiger partial charge in [0.15, 0.2) is 0 Å². The average Bonchev–Trinajstić information content (AvgIpc) is 2.39. The maximum absolute atomic E-state index is 8.25. The van der Waals surface area contributed by atoms with Crippen LogP contribution in [0.25, 0.3) is 0 Å².